The van der Waals surface area contributed by atoms with Crippen molar-refractivity contribution in [3.05, 3.63) is 59.2 Å². The van der Waals surface area contributed by atoms with Crippen molar-refractivity contribution in [1.82, 2.24) is 5.01 Å². The Balaban J connectivity index is 1.72. The maximum absolute atomic E-state index is 6.44. The minimum Gasteiger partial charge on any atom is -0.490 e. The molecule has 0 unspecified atom stereocenters. The molecule has 2 aromatic carbocycles. The lowest BCUT2D eigenvalue weighted by molar-refractivity contribution is -0.0310. The average molecular weight is 364 g/mol. The van der Waals surface area contributed by atoms with Crippen LogP contribution in [0.2, 0.25) is 0 Å². The third-order valence-corrected chi connectivity index (χ3v) is 5.22. The summed E-state index contributed by atoms with van der Waals surface area (Å²) in [6.45, 7) is 9.20. The fraction of sp³-hybridized carbons (Fsp3) is 0.435. The molecule has 0 saturated carbocycles. The summed E-state index contributed by atoms with van der Waals surface area (Å²) in [4.78, 5) is 0. The van der Waals surface area contributed by atoms with Crippen LogP contribution in [0.25, 0.3) is 0 Å². The normalized spacial score (nSPS) is 20.8. The monoisotopic (exact) mass is 364 g/mol. The molecule has 0 bridgehead atoms. The standard InChI is InChI=1S/C23H28N2O2/c1-5-26-21-8-6-7-18-20-14-19(17-11-9-16(4)10-12-17)24-25(20)22(13-15(2)3)27-23(18)21/h6-12,15,20,22H,5,13-14H2,1-4H3/t20-,22-/m0/s1. The van der Waals surface area contributed by atoms with Gasteiger partial charge in [-0.15, -0.1) is 0 Å². The maximum Gasteiger partial charge on any atom is 0.188 e. The van der Waals surface area contributed by atoms with Crippen molar-refractivity contribution in [2.24, 2.45) is 11.0 Å². The molecule has 2 aromatic rings. The van der Waals surface area contributed by atoms with Crippen molar-refractivity contribution < 1.29 is 9.47 Å². The molecule has 4 nitrogen and oxygen atoms in total. The molecule has 4 rings (SSSR count). The number of aryl methyl sites for hydroxylation is 1. The number of rotatable bonds is 5. The zero-order valence-corrected chi connectivity index (χ0v) is 16.6. The van der Waals surface area contributed by atoms with E-state index in [9.17, 15) is 0 Å². The summed E-state index contributed by atoms with van der Waals surface area (Å²) < 4.78 is 12.3. The number of ether oxygens (including phenoxy) is 2. The summed E-state index contributed by atoms with van der Waals surface area (Å²) >= 11 is 0. The highest BCUT2D eigenvalue weighted by Crippen LogP contribution is 2.47. The van der Waals surface area contributed by atoms with Crippen molar-refractivity contribution in [3.8, 4) is 11.5 Å². The molecule has 0 N–H and O–H groups in total. The van der Waals surface area contributed by atoms with Gasteiger partial charge >= 0.3 is 0 Å². The van der Waals surface area contributed by atoms with Crippen LogP contribution in [0.4, 0.5) is 0 Å². The molecule has 0 amide bonds. The third kappa shape index (κ3) is 3.41. The lowest BCUT2D eigenvalue weighted by Crippen LogP contribution is -2.41. The molecule has 2 aliphatic rings. The summed E-state index contributed by atoms with van der Waals surface area (Å²) in [7, 11) is 0. The molecule has 0 saturated heterocycles. The first-order chi connectivity index (χ1) is 13.1. The van der Waals surface area contributed by atoms with Gasteiger partial charge in [-0.2, -0.15) is 5.10 Å². The van der Waals surface area contributed by atoms with Gasteiger partial charge in [-0.05, 0) is 31.4 Å². The second-order valence-electron chi connectivity index (χ2n) is 7.82. The van der Waals surface area contributed by atoms with Crippen LogP contribution in [0.15, 0.2) is 47.6 Å². The first-order valence-electron chi connectivity index (χ1n) is 9.92. The molecule has 142 valence electrons. The lowest BCUT2D eigenvalue weighted by Gasteiger charge is -2.39. The zero-order chi connectivity index (χ0) is 19.0. The Bertz CT molecular complexity index is 842. The molecule has 0 aromatic heterocycles. The molecule has 27 heavy (non-hydrogen) atoms. The van der Waals surface area contributed by atoms with E-state index in [0.29, 0.717) is 12.5 Å². The Morgan fingerprint density at radius 1 is 1.19 bits per heavy atom. The average Bonchev–Trinajstić information content (AvgIpc) is 3.09. The maximum atomic E-state index is 6.44. The van der Waals surface area contributed by atoms with E-state index in [1.54, 1.807) is 0 Å². The SMILES string of the molecule is CCOc1cccc2c1O[C@@H](CC(C)C)N1N=C(c3ccc(C)cc3)C[C@@H]21. The Morgan fingerprint density at radius 2 is 1.96 bits per heavy atom. The molecular formula is C23H28N2O2. The van der Waals surface area contributed by atoms with Crippen LogP contribution in [0.1, 0.15) is 56.3 Å². The number of hydrogen-bond acceptors (Lipinski definition) is 4. The zero-order valence-electron chi connectivity index (χ0n) is 16.6. The van der Waals surface area contributed by atoms with Gasteiger partial charge in [0.2, 0.25) is 0 Å². The van der Waals surface area contributed by atoms with E-state index in [2.05, 4.69) is 62.2 Å². The highest BCUT2D eigenvalue weighted by Gasteiger charge is 2.41. The molecule has 2 heterocycles. The largest absolute Gasteiger partial charge is 0.490 e. The van der Waals surface area contributed by atoms with Gasteiger partial charge in [0.25, 0.3) is 0 Å². The Kier molecular flexibility index (Phi) is 4.81. The predicted octanol–water partition coefficient (Wildman–Crippen LogP) is 5.31. The second-order valence-corrected chi connectivity index (χ2v) is 7.82. The van der Waals surface area contributed by atoms with E-state index in [0.717, 1.165) is 30.1 Å². The quantitative estimate of drug-likeness (QED) is 0.721. The Morgan fingerprint density at radius 3 is 2.67 bits per heavy atom. The highest BCUT2D eigenvalue weighted by atomic mass is 16.5. The van der Waals surface area contributed by atoms with E-state index in [1.165, 1.54) is 16.7 Å². The fourth-order valence-electron chi connectivity index (χ4n) is 3.91. The van der Waals surface area contributed by atoms with Crippen LogP contribution in [0, 0.1) is 12.8 Å². The first kappa shape index (κ1) is 17.9. The van der Waals surface area contributed by atoms with Crippen molar-refractivity contribution >= 4 is 5.71 Å². The number of hydrazone groups is 1. The lowest BCUT2D eigenvalue weighted by atomic mass is 9.95. The fourth-order valence-corrected chi connectivity index (χ4v) is 3.91. The van der Waals surface area contributed by atoms with E-state index in [1.807, 2.05) is 13.0 Å². The van der Waals surface area contributed by atoms with Crippen LogP contribution < -0.4 is 9.47 Å². The van der Waals surface area contributed by atoms with Gasteiger partial charge < -0.3 is 9.47 Å². The number of nitrogens with zero attached hydrogens (tertiary/aromatic N) is 2. The first-order valence-corrected chi connectivity index (χ1v) is 9.92. The summed E-state index contributed by atoms with van der Waals surface area (Å²) in [5, 5.41) is 7.18. The summed E-state index contributed by atoms with van der Waals surface area (Å²) in [5.41, 5.74) is 4.77. The molecular weight excluding hydrogens is 336 g/mol. The van der Waals surface area contributed by atoms with Gasteiger partial charge in [0.05, 0.1) is 18.4 Å². The predicted molar refractivity (Wildman–Crippen MR) is 108 cm³/mol. The van der Waals surface area contributed by atoms with Crippen LogP contribution >= 0.6 is 0 Å². The summed E-state index contributed by atoms with van der Waals surface area (Å²) in [6, 6.07) is 15.0. The van der Waals surface area contributed by atoms with Crippen LogP contribution in [0.5, 0.6) is 11.5 Å². The Labute approximate surface area is 161 Å². The van der Waals surface area contributed by atoms with E-state index >= 15 is 0 Å². The summed E-state index contributed by atoms with van der Waals surface area (Å²) in [6.07, 6.45) is 1.76. The van der Waals surface area contributed by atoms with Crippen molar-refractivity contribution in [2.45, 2.75) is 52.8 Å². The summed E-state index contributed by atoms with van der Waals surface area (Å²) in [5.74, 6) is 2.26. The highest BCUT2D eigenvalue weighted by molar-refractivity contribution is 6.02. The van der Waals surface area contributed by atoms with E-state index < -0.39 is 0 Å². The van der Waals surface area contributed by atoms with Gasteiger partial charge in [-0.3, -0.25) is 5.01 Å². The third-order valence-electron chi connectivity index (χ3n) is 5.22. The van der Waals surface area contributed by atoms with Gasteiger partial charge in [0.15, 0.2) is 17.7 Å². The number of hydrogen-bond donors (Lipinski definition) is 0. The van der Waals surface area contributed by atoms with Gasteiger partial charge in [0.1, 0.15) is 0 Å². The Hall–Kier alpha value is -2.49. The molecule has 0 fully saturated rings. The topological polar surface area (TPSA) is 34.1 Å². The van der Waals surface area contributed by atoms with E-state index in [4.69, 9.17) is 14.6 Å². The molecule has 2 aliphatic heterocycles. The number of para-hydroxylation sites is 1. The van der Waals surface area contributed by atoms with Crippen molar-refractivity contribution in [3.63, 3.8) is 0 Å². The van der Waals surface area contributed by atoms with Gasteiger partial charge in [0, 0.05) is 18.4 Å². The van der Waals surface area contributed by atoms with Gasteiger partial charge in [-0.1, -0.05) is 55.8 Å². The number of fused-ring (bicyclic) bond motifs is 3. The molecule has 0 spiro atoms. The van der Waals surface area contributed by atoms with Gasteiger partial charge in [-0.25, -0.2) is 0 Å². The van der Waals surface area contributed by atoms with Crippen LogP contribution in [0.3, 0.4) is 0 Å². The van der Waals surface area contributed by atoms with Crippen LogP contribution in [-0.2, 0) is 0 Å². The van der Waals surface area contributed by atoms with Crippen molar-refractivity contribution in [1.29, 1.82) is 0 Å². The minimum atomic E-state index is -0.0629. The number of benzene rings is 2. The molecule has 0 aliphatic carbocycles. The molecule has 4 heteroatoms. The van der Waals surface area contributed by atoms with Crippen molar-refractivity contribution in [2.75, 3.05) is 6.61 Å². The van der Waals surface area contributed by atoms with Crippen LogP contribution in [-0.4, -0.2) is 23.6 Å². The molecule has 2 atom stereocenters. The molecule has 0 radical (unpaired) electrons. The second kappa shape index (κ2) is 7.26. The minimum absolute atomic E-state index is 0.0629. The smallest absolute Gasteiger partial charge is 0.188 e. The van der Waals surface area contributed by atoms with E-state index in [-0.39, 0.29) is 12.3 Å².